The number of rotatable bonds is 2. The van der Waals surface area contributed by atoms with Crippen LogP contribution in [0, 0.1) is 5.41 Å². The molecule has 2 heterocycles. The van der Waals surface area contributed by atoms with Crippen molar-refractivity contribution in [1.29, 1.82) is 0 Å². The quantitative estimate of drug-likeness (QED) is 0.747. The van der Waals surface area contributed by atoms with Crippen molar-refractivity contribution >= 4 is 12.4 Å². The second-order valence-corrected chi connectivity index (χ2v) is 8.07. The largest absolute Gasteiger partial charge is 0.483 e. The Hall–Kier alpha value is -1.14. The maximum atomic E-state index is 11.5. The number of nitrogens with zero attached hydrogens (tertiary/aromatic N) is 2. The molecule has 1 saturated carbocycles. The minimum Gasteiger partial charge on any atom is -0.483 e. The fourth-order valence-corrected chi connectivity index (χ4v) is 4.48. The van der Waals surface area contributed by atoms with Gasteiger partial charge in [0.05, 0.1) is 0 Å². The SMILES string of the molecule is CC1(C)CCC(N2CCC(N3CCNC(=O)CC3)CC2)C1.O=CO. The summed E-state index contributed by atoms with van der Waals surface area (Å²) in [4.78, 5) is 25.1. The molecule has 0 spiro atoms. The number of nitrogens with one attached hydrogen (secondary N) is 1. The van der Waals surface area contributed by atoms with E-state index >= 15 is 0 Å². The highest BCUT2D eigenvalue weighted by Crippen LogP contribution is 2.40. The summed E-state index contributed by atoms with van der Waals surface area (Å²) in [5, 5.41) is 9.87. The Balaban J connectivity index is 0.000000647. The Kier molecular flexibility index (Phi) is 7.04. The second-order valence-electron chi connectivity index (χ2n) is 8.07. The van der Waals surface area contributed by atoms with E-state index in [1.54, 1.807) is 0 Å². The van der Waals surface area contributed by atoms with Crippen LogP contribution in [0.3, 0.4) is 0 Å². The van der Waals surface area contributed by atoms with Crippen molar-refractivity contribution in [2.45, 2.75) is 64.5 Å². The van der Waals surface area contributed by atoms with Gasteiger partial charge in [0, 0.05) is 38.1 Å². The van der Waals surface area contributed by atoms with E-state index in [0.717, 1.165) is 25.7 Å². The van der Waals surface area contributed by atoms with Crippen molar-refractivity contribution < 1.29 is 14.7 Å². The predicted octanol–water partition coefficient (Wildman–Crippen LogP) is 1.55. The zero-order valence-corrected chi connectivity index (χ0v) is 15.2. The minimum atomic E-state index is -0.250. The molecule has 1 aliphatic carbocycles. The van der Waals surface area contributed by atoms with Crippen LogP contribution in [-0.4, -0.2) is 72.1 Å². The summed E-state index contributed by atoms with van der Waals surface area (Å²) < 4.78 is 0. The first kappa shape index (κ1) is 19.2. The van der Waals surface area contributed by atoms with Gasteiger partial charge in [-0.3, -0.25) is 14.5 Å². The molecular formula is C18H33N3O3. The van der Waals surface area contributed by atoms with Crippen LogP contribution in [0.1, 0.15) is 52.4 Å². The van der Waals surface area contributed by atoms with Gasteiger partial charge < -0.3 is 15.3 Å². The molecule has 0 bridgehead atoms. The van der Waals surface area contributed by atoms with Crippen LogP contribution < -0.4 is 5.32 Å². The van der Waals surface area contributed by atoms with E-state index in [1.807, 2.05) is 0 Å². The lowest BCUT2D eigenvalue weighted by molar-refractivity contribution is -0.123. The van der Waals surface area contributed by atoms with E-state index in [-0.39, 0.29) is 12.4 Å². The first-order valence-electron chi connectivity index (χ1n) is 9.28. The lowest BCUT2D eigenvalue weighted by Crippen LogP contribution is -2.48. The number of hydrogen-bond acceptors (Lipinski definition) is 4. The van der Waals surface area contributed by atoms with Crippen molar-refractivity contribution in [2.24, 2.45) is 5.41 Å². The summed E-state index contributed by atoms with van der Waals surface area (Å²) in [7, 11) is 0. The molecule has 3 rings (SSSR count). The van der Waals surface area contributed by atoms with E-state index in [0.29, 0.717) is 17.9 Å². The third-order valence-corrected chi connectivity index (χ3v) is 5.82. The molecule has 3 fully saturated rings. The molecule has 1 unspecified atom stereocenters. The highest BCUT2D eigenvalue weighted by molar-refractivity contribution is 5.76. The molecule has 6 heteroatoms. The summed E-state index contributed by atoms with van der Waals surface area (Å²) in [5.41, 5.74) is 0.554. The maximum Gasteiger partial charge on any atom is 0.290 e. The van der Waals surface area contributed by atoms with Crippen molar-refractivity contribution in [2.75, 3.05) is 32.7 Å². The molecule has 2 saturated heterocycles. The van der Waals surface area contributed by atoms with Gasteiger partial charge in [0.1, 0.15) is 0 Å². The normalized spacial score (nSPS) is 29.2. The molecule has 6 nitrogen and oxygen atoms in total. The van der Waals surface area contributed by atoms with E-state index in [1.165, 1.54) is 45.2 Å². The van der Waals surface area contributed by atoms with Gasteiger partial charge in [-0.25, -0.2) is 0 Å². The van der Waals surface area contributed by atoms with Gasteiger partial charge in [0.2, 0.25) is 5.91 Å². The smallest absolute Gasteiger partial charge is 0.290 e. The first-order chi connectivity index (χ1) is 11.4. The number of carbonyl (C=O) groups excluding carboxylic acids is 1. The zero-order valence-electron chi connectivity index (χ0n) is 15.2. The lowest BCUT2D eigenvalue weighted by atomic mass is 9.91. The van der Waals surface area contributed by atoms with Crippen LogP contribution in [0.15, 0.2) is 0 Å². The minimum absolute atomic E-state index is 0.225. The molecule has 0 radical (unpaired) electrons. The predicted molar refractivity (Wildman–Crippen MR) is 93.9 cm³/mol. The number of carbonyl (C=O) groups is 2. The average molecular weight is 339 g/mol. The molecular weight excluding hydrogens is 306 g/mol. The Bertz CT molecular complexity index is 420. The number of piperidine rings is 1. The van der Waals surface area contributed by atoms with Crippen LogP contribution in [0.4, 0.5) is 0 Å². The molecule has 0 aromatic carbocycles. The highest BCUT2D eigenvalue weighted by atomic mass is 16.3. The molecule has 2 aliphatic heterocycles. The number of hydrogen-bond donors (Lipinski definition) is 2. The van der Waals surface area contributed by atoms with Gasteiger partial charge in [-0.1, -0.05) is 13.8 Å². The van der Waals surface area contributed by atoms with Crippen molar-refractivity contribution in [3.05, 3.63) is 0 Å². The van der Waals surface area contributed by atoms with Gasteiger partial charge >= 0.3 is 0 Å². The summed E-state index contributed by atoms with van der Waals surface area (Å²) in [5.74, 6) is 0.225. The zero-order chi connectivity index (χ0) is 17.6. The first-order valence-corrected chi connectivity index (χ1v) is 9.28. The van der Waals surface area contributed by atoms with Crippen LogP contribution in [-0.2, 0) is 9.59 Å². The van der Waals surface area contributed by atoms with Gasteiger partial charge in [-0.05, 0) is 50.6 Å². The number of carboxylic acid groups (broad SMARTS) is 1. The Morgan fingerprint density at radius 2 is 1.71 bits per heavy atom. The summed E-state index contributed by atoms with van der Waals surface area (Å²) in [6.45, 7) is 9.91. The summed E-state index contributed by atoms with van der Waals surface area (Å²) >= 11 is 0. The summed E-state index contributed by atoms with van der Waals surface area (Å²) in [6.07, 6.45) is 7.39. The van der Waals surface area contributed by atoms with Gasteiger partial charge in [-0.2, -0.15) is 0 Å². The van der Waals surface area contributed by atoms with Crippen molar-refractivity contribution in [1.82, 2.24) is 15.1 Å². The van der Waals surface area contributed by atoms with Crippen molar-refractivity contribution in [3.63, 3.8) is 0 Å². The molecule has 0 aromatic rings. The number of amides is 1. The van der Waals surface area contributed by atoms with Crippen LogP contribution in [0.25, 0.3) is 0 Å². The van der Waals surface area contributed by atoms with Gasteiger partial charge in [0.25, 0.3) is 6.47 Å². The monoisotopic (exact) mass is 339 g/mol. The Labute approximate surface area is 145 Å². The highest BCUT2D eigenvalue weighted by Gasteiger charge is 2.36. The van der Waals surface area contributed by atoms with Crippen LogP contribution in [0.2, 0.25) is 0 Å². The Morgan fingerprint density at radius 3 is 2.29 bits per heavy atom. The molecule has 2 N–H and O–H groups in total. The van der Waals surface area contributed by atoms with E-state index < -0.39 is 0 Å². The second kappa shape index (κ2) is 8.81. The Morgan fingerprint density at radius 1 is 1.08 bits per heavy atom. The third-order valence-electron chi connectivity index (χ3n) is 5.82. The average Bonchev–Trinajstić information content (AvgIpc) is 2.77. The molecule has 138 valence electrons. The summed E-state index contributed by atoms with van der Waals surface area (Å²) in [6, 6.07) is 1.52. The van der Waals surface area contributed by atoms with E-state index in [4.69, 9.17) is 9.90 Å². The van der Waals surface area contributed by atoms with Gasteiger partial charge in [-0.15, -0.1) is 0 Å². The molecule has 0 aromatic heterocycles. The molecule has 1 atom stereocenters. The lowest BCUT2D eigenvalue weighted by Gasteiger charge is -2.40. The standard InChI is InChI=1S/C17H31N3O.CH2O2/c1-17(2)7-3-15(13-17)19-9-4-14(5-10-19)20-11-6-16(21)18-8-12-20;2-1-3/h14-15H,3-13H2,1-2H3,(H,18,21);1H,(H,2,3). The van der Waals surface area contributed by atoms with E-state index in [9.17, 15) is 4.79 Å². The van der Waals surface area contributed by atoms with Gasteiger partial charge in [0.15, 0.2) is 0 Å². The third kappa shape index (κ3) is 5.45. The van der Waals surface area contributed by atoms with Crippen LogP contribution >= 0.6 is 0 Å². The molecule has 24 heavy (non-hydrogen) atoms. The van der Waals surface area contributed by atoms with E-state index in [2.05, 4.69) is 29.0 Å². The topological polar surface area (TPSA) is 72.9 Å². The maximum absolute atomic E-state index is 11.5. The number of likely N-dealkylation sites (tertiary alicyclic amines) is 1. The fourth-order valence-electron chi connectivity index (χ4n) is 4.48. The molecule has 1 amide bonds. The fraction of sp³-hybridized carbons (Fsp3) is 0.889. The van der Waals surface area contributed by atoms with Crippen LogP contribution in [0.5, 0.6) is 0 Å². The molecule has 3 aliphatic rings. The van der Waals surface area contributed by atoms with Crippen molar-refractivity contribution in [3.8, 4) is 0 Å².